The van der Waals surface area contributed by atoms with Gasteiger partial charge in [0.1, 0.15) is 0 Å². The van der Waals surface area contributed by atoms with Crippen LogP contribution in [0.5, 0.6) is 0 Å². The van der Waals surface area contributed by atoms with E-state index in [1.54, 1.807) is 4.90 Å². The summed E-state index contributed by atoms with van der Waals surface area (Å²) in [7, 11) is 0. The van der Waals surface area contributed by atoms with Gasteiger partial charge in [0.15, 0.2) is 11.6 Å². The highest BCUT2D eigenvalue weighted by molar-refractivity contribution is 5.94. The lowest BCUT2D eigenvalue weighted by atomic mass is 10.1. The molecule has 0 unspecified atom stereocenters. The van der Waals surface area contributed by atoms with Gasteiger partial charge in [0.05, 0.1) is 18.8 Å². The third kappa shape index (κ3) is 2.51. The maximum absolute atomic E-state index is 13.1. The molecule has 0 N–H and O–H groups in total. The third-order valence-corrected chi connectivity index (χ3v) is 3.04. The maximum Gasteiger partial charge on any atom is 0.254 e. The van der Waals surface area contributed by atoms with Gasteiger partial charge in [-0.15, -0.1) is 0 Å². The van der Waals surface area contributed by atoms with Crippen LogP contribution in [0.25, 0.3) is 0 Å². The molecule has 1 amide bonds. The second-order valence-electron chi connectivity index (χ2n) is 4.58. The van der Waals surface area contributed by atoms with Crippen molar-refractivity contribution < 1.29 is 18.3 Å². The van der Waals surface area contributed by atoms with Crippen LogP contribution in [0.2, 0.25) is 0 Å². The number of carbonyl (C=O) groups is 1. The first-order valence-electron chi connectivity index (χ1n) is 5.86. The van der Waals surface area contributed by atoms with E-state index in [0.29, 0.717) is 13.2 Å². The Labute approximate surface area is 104 Å². The lowest BCUT2D eigenvalue weighted by Gasteiger charge is -2.36. The van der Waals surface area contributed by atoms with E-state index in [-0.39, 0.29) is 23.6 Å². The molecule has 3 nitrogen and oxygen atoms in total. The normalized spacial score (nSPS) is 24.1. The fraction of sp³-hybridized carbons (Fsp3) is 0.462. The van der Waals surface area contributed by atoms with Crippen LogP contribution in [0.1, 0.15) is 24.2 Å². The molecule has 0 aliphatic carbocycles. The van der Waals surface area contributed by atoms with Crippen LogP contribution in [0.3, 0.4) is 0 Å². The van der Waals surface area contributed by atoms with Crippen LogP contribution in [-0.2, 0) is 4.74 Å². The zero-order valence-electron chi connectivity index (χ0n) is 10.3. The molecule has 0 spiro atoms. The number of amides is 1. The number of hydrogen-bond donors (Lipinski definition) is 0. The molecule has 1 aromatic rings. The Morgan fingerprint density at radius 2 is 2.06 bits per heavy atom. The van der Waals surface area contributed by atoms with Crippen LogP contribution in [0.4, 0.5) is 8.78 Å². The molecule has 18 heavy (non-hydrogen) atoms. The van der Waals surface area contributed by atoms with Crippen LogP contribution >= 0.6 is 0 Å². The Hall–Kier alpha value is -1.49. The van der Waals surface area contributed by atoms with Gasteiger partial charge in [-0.2, -0.15) is 0 Å². The Morgan fingerprint density at radius 3 is 2.72 bits per heavy atom. The van der Waals surface area contributed by atoms with Crippen LogP contribution in [-0.4, -0.2) is 36.1 Å². The monoisotopic (exact) mass is 255 g/mol. The Bertz CT molecular complexity index is 464. The molecule has 2 atom stereocenters. The third-order valence-electron chi connectivity index (χ3n) is 3.04. The number of halogens is 2. The summed E-state index contributed by atoms with van der Waals surface area (Å²) < 4.78 is 31.4. The summed E-state index contributed by atoms with van der Waals surface area (Å²) in [5.41, 5.74) is 0.162. The highest BCUT2D eigenvalue weighted by Gasteiger charge is 2.28. The maximum atomic E-state index is 13.1. The molecule has 0 saturated carbocycles. The molecule has 0 aromatic heterocycles. The predicted octanol–water partition coefficient (Wildman–Crippen LogP) is 2.21. The molecule has 98 valence electrons. The van der Waals surface area contributed by atoms with E-state index in [1.807, 2.05) is 13.8 Å². The average Bonchev–Trinajstić information content (AvgIpc) is 2.35. The lowest BCUT2D eigenvalue weighted by molar-refractivity contribution is -0.0387. The van der Waals surface area contributed by atoms with Gasteiger partial charge in [-0.3, -0.25) is 4.79 Å². The van der Waals surface area contributed by atoms with Crippen molar-refractivity contribution in [3.63, 3.8) is 0 Å². The van der Waals surface area contributed by atoms with Crippen molar-refractivity contribution in [2.24, 2.45) is 0 Å². The zero-order chi connectivity index (χ0) is 13.3. The Morgan fingerprint density at radius 1 is 1.33 bits per heavy atom. The molecule has 1 heterocycles. The van der Waals surface area contributed by atoms with E-state index >= 15 is 0 Å². The van der Waals surface area contributed by atoms with Gasteiger partial charge in [0, 0.05) is 12.1 Å². The van der Waals surface area contributed by atoms with Gasteiger partial charge >= 0.3 is 0 Å². The summed E-state index contributed by atoms with van der Waals surface area (Å²) >= 11 is 0. The minimum Gasteiger partial charge on any atom is -0.375 e. The topological polar surface area (TPSA) is 29.5 Å². The molecule has 0 radical (unpaired) electrons. The standard InChI is InChI=1S/C13H15F2NO2/c1-8-7-18-9(2)6-16(8)13(17)10-3-4-11(14)12(15)5-10/h3-5,8-9H,6-7H2,1-2H3/t8-,9-/m1/s1. The van der Waals surface area contributed by atoms with Crippen molar-refractivity contribution in [3.8, 4) is 0 Å². The molecule has 5 heteroatoms. The first-order chi connectivity index (χ1) is 8.49. The fourth-order valence-corrected chi connectivity index (χ4v) is 1.98. The molecular formula is C13H15F2NO2. The minimum atomic E-state index is -1.00. The second-order valence-corrected chi connectivity index (χ2v) is 4.58. The number of hydrogen-bond acceptors (Lipinski definition) is 2. The number of ether oxygens (including phenoxy) is 1. The van der Waals surface area contributed by atoms with Gasteiger partial charge in [-0.05, 0) is 32.0 Å². The number of carbonyl (C=O) groups excluding carboxylic acids is 1. The predicted molar refractivity (Wildman–Crippen MR) is 62.3 cm³/mol. The molecule has 1 aliphatic rings. The molecule has 1 fully saturated rings. The summed E-state index contributed by atoms with van der Waals surface area (Å²) in [5, 5.41) is 0. The molecule has 1 saturated heterocycles. The minimum absolute atomic E-state index is 0.0459. The zero-order valence-corrected chi connectivity index (χ0v) is 10.3. The molecule has 1 aromatic carbocycles. The van der Waals surface area contributed by atoms with E-state index in [4.69, 9.17) is 4.74 Å². The van der Waals surface area contributed by atoms with Crippen molar-refractivity contribution in [1.29, 1.82) is 0 Å². The first kappa shape index (κ1) is 13.0. The summed E-state index contributed by atoms with van der Waals surface area (Å²) in [6.45, 7) is 4.65. The lowest BCUT2D eigenvalue weighted by Crippen LogP contribution is -2.50. The quantitative estimate of drug-likeness (QED) is 0.770. The van der Waals surface area contributed by atoms with Gasteiger partial charge in [0.2, 0.25) is 0 Å². The Kier molecular flexibility index (Phi) is 3.61. The average molecular weight is 255 g/mol. The number of nitrogens with zero attached hydrogens (tertiary/aromatic N) is 1. The first-order valence-corrected chi connectivity index (χ1v) is 5.86. The van der Waals surface area contributed by atoms with E-state index in [9.17, 15) is 13.6 Å². The summed E-state index contributed by atoms with van der Waals surface area (Å²) in [4.78, 5) is 13.8. The molecular weight excluding hydrogens is 240 g/mol. The van der Waals surface area contributed by atoms with Crippen molar-refractivity contribution in [3.05, 3.63) is 35.4 Å². The van der Waals surface area contributed by atoms with Gasteiger partial charge in [0.25, 0.3) is 5.91 Å². The van der Waals surface area contributed by atoms with Gasteiger partial charge in [-0.1, -0.05) is 0 Å². The molecule has 0 bridgehead atoms. The van der Waals surface area contributed by atoms with E-state index in [1.165, 1.54) is 6.07 Å². The van der Waals surface area contributed by atoms with Crippen LogP contribution < -0.4 is 0 Å². The molecule has 2 rings (SSSR count). The number of benzene rings is 1. The van der Waals surface area contributed by atoms with Crippen molar-refractivity contribution in [1.82, 2.24) is 4.90 Å². The van der Waals surface area contributed by atoms with Gasteiger partial charge in [-0.25, -0.2) is 8.78 Å². The summed E-state index contributed by atoms with van der Waals surface area (Å²) in [6, 6.07) is 3.14. The van der Waals surface area contributed by atoms with E-state index in [2.05, 4.69) is 0 Å². The second kappa shape index (κ2) is 5.02. The Balaban J connectivity index is 2.21. The SMILES string of the molecule is C[C@@H]1CN(C(=O)c2ccc(F)c(F)c2)[C@H](C)CO1. The van der Waals surface area contributed by atoms with E-state index in [0.717, 1.165) is 12.1 Å². The molecule has 1 aliphatic heterocycles. The van der Waals surface area contributed by atoms with E-state index < -0.39 is 11.6 Å². The highest BCUT2D eigenvalue weighted by atomic mass is 19.2. The smallest absolute Gasteiger partial charge is 0.254 e. The number of rotatable bonds is 1. The summed E-state index contributed by atoms with van der Waals surface area (Å²) in [6.07, 6.45) is -0.0459. The van der Waals surface area contributed by atoms with Crippen molar-refractivity contribution in [2.45, 2.75) is 26.0 Å². The van der Waals surface area contributed by atoms with Crippen LogP contribution in [0.15, 0.2) is 18.2 Å². The van der Waals surface area contributed by atoms with Crippen molar-refractivity contribution in [2.75, 3.05) is 13.2 Å². The number of morpholine rings is 1. The summed E-state index contributed by atoms with van der Waals surface area (Å²) in [5.74, 6) is -2.25. The highest BCUT2D eigenvalue weighted by Crippen LogP contribution is 2.17. The largest absolute Gasteiger partial charge is 0.375 e. The van der Waals surface area contributed by atoms with Gasteiger partial charge < -0.3 is 9.64 Å². The van der Waals surface area contributed by atoms with Crippen molar-refractivity contribution >= 4 is 5.91 Å². The van der Waals surface area contributed by atoms with Crippen LogP contribution in [0, 0.1) is 11.6 Å². The fourth-order valence-electron chi connectivity index (χ4n) is 1.98.